The third-order valence-electron chi connectivity index (χ3n) is 4.01. The molecule has 0 saturated carbocycles. The normalized spacial score (nSPS) is 17.5. The standard InChI is InChI=1S/C16H28N2O4/c1-2-3-4-5-6-11-17-16(22)13-8-7-12-18(13)14(19)9-10-15(20)21/h13H,2-12H2,1H3,(H,17,22)(H,20,21)/t13-/m0/s1. The predicted octanol–water partition coefficient (Wildman–Crippen LogP) is 1.93. The van der Waals surface area contributed by atoms with E-state index in [1.165, 1.54) is 24.2 Å². The minimum absolute atomic E-state index is 0.0316. The zero-order valence-corrected chi connectivity index (χ0v) is 13.5. The predicted molar refractivity (Wildman–Crippen MR) is 83.4 cm³/mol. The number of carboxylic acids is 1. The Kier molecular flexibility index (Phi) is 8.55. The average molecular weight is 312 g/mol. The first-order chi connectivity index (χ1) is 10.6. The fourth-order valence-electron chi connectivity index (χ4n) is 2.75. The molecule has 1 heterocycles. The van der Waals surface area contributed by atoms with E-state index in [-0.39, 0.29) is 24.7 Å². The summed E-state index contributed by atoms with van der Waals surface area (Å²) in [6.45, 7) is 3.36. The van der Waals surface area contributed by atoms with Crippen LogP contribution in [0.25, 0.3) is 0 Å². The number of unbranched alkanes of at least 4 members (excludes halogenated alkanes) is 4. The van der Waals surface area contributed by atoms with Gasteiger partial charge in [0.2, 0.25) is 11.8 Å². The van der Waals surface area contributed by atoms with E-state index >= 15 is 0 Å². The second kappa shape index (κ2) is 10.2. The Bertz CT molecular complexity index is 384. The first-order valence-corrected chi connectivity index (χ1v) is 8.35. The van der Waals surface area contributed by atoms with E-state index < -0.39 is 12.0 Å². The van der Waals surface area contributed by atoms with Gasteiger partial charge < -0.3 is 15.3 Å². The molecule has 2 amide bonds. The molecule has 1 aliphatic rings. The van der Waals surface area contributed by atoms with E-state index in [9.17, 15) is 14.4 Å². The van der Waals surface area contributed by atoms with Crippen molar-refractivity contribution in [1.29, 1.82) is 0 Å². The first-order valence-electron chi connectivity index (χ1n) is 8.35. The summed E-state index contributed by atoms with van der Waals surface area (Å²) < 4.78 is 0. The van der Waals surface area contributed by atoms with Crippen LogP contribution in [0.4, 0.5) is 0 Å². The minimum Gasteiger partial charge on any atom is -0.481 e. The van der Waals surface area contributed by atoms with Crippen molar-refractivity contribution in [3.63, 3.8) is 0 Å². The molecule has 2 N–H and O–H groups in total. The largest absolute Gasteiger partial charge is 0.481 e. The van der Waals surface area contributed by atoms with Gasteiger partial charge in [-0.05, 0) is 19.3 Å². The fourth-order valence-corrected chi connectivity index (χ4v) is 2.75. The van der Waals surface area contributed by atoms with Crippen molar-refractivity contribution < 1.29 is 19.5 Å². The van der Waals surface area contributed by atoms with Crippen LogP contribution in [-0.2, 0) is 14.4 Å². The molecule has 1 saturated heterocycles. The molecular formula is C16H28N2O4. The highest BCUT2D eigenvalue weighted by Gasteiger charge is 2.33. The maximum Gasteiger partial charge on any atom is 0.303 e. The summed E-state index contributed by atoms with van der Waals surface area (Å²) in [6, 6.07) is -0.420. The molecule has 0 aromatic heterocycles. The summed E-state index contributed by atoms with van der Waals surface area (Å²) in [5.41, 5.74) is 0. The highest BCUT2D eigenvalue weighted by atomic mass is 16.4. The van der Waals surface area contributed by atoms with Gasteiger partial charge in [0.25, 0.3) is 0 Å². The molecular weight excluding hydrogens is 284 g/mol. The molecule has 1 atom stereocenters. The molecule has 0 unspecified atom stereocenters. The number of carbonyl (C=O) groups excluding carboxylic acids is 2. The van der Waals surface area contributed by atoms with Gasteiger partial charge in [0, 0.05) is 19.5 Å². The van der Waals surface area contributed by atoms with E-state index in [0.717, 1.165) is 19.3 Å². The van der Waals surface area contributed by atoms with Gasteiger partial charge in [-0.1, -0.05) is 32.6 Å². The van der Waals surface area contributed by atoms with Crippen molar-refractivity contribution in [2.24, 2.45) is 0 Å². The number of amides is 2. The molecule has 6 heteroatoms. The Balaban J connectivity index is 2.30. The molecule has 1 fully saturated rings. The topological polar surface area (TPSA) is 86.7 Å². The smallest absolute Gasteiger partial charge is 0.303 e. The van der Waals surface area contributed by atoms with Crippen LogP contribution in [0.5, 0.6) is 0 Å². The van der Waals surface area contributed by atoms with E-state index in [0.29, 0.717) is 19.5 Å². The lowest BCUT2D eigenvalue weighted by Gasteiger charge is -2.23. The summed E-state index contributed by atoms with van der Waals surface area (Å²) in [7, 11) is 0. The number of carboxylic acid groups (broad SMARTS) is 1. The molecule has 1 rings (SSSR count). The van der Waals surface area contributed by atoms with Gasteiger partial charge in [-0.25, -0.2) is 0 Å². The number of rotatable bonds is 10. The highest BCUT2D eigenvalue weighted by molar-refractivity contribution is 5.89. The molecule has 6 nitrogen and oxygen atoms in total. The van der Waals surface area contributed by atoms with Crippen LogP contribution in [0.3, 0.4) is 0 Å². The Labute approximate surface area is 132 Å². The number of hydrogen-bond donors (Lipinski definition) is 2. The Morgan fingerprint density at radius 3 is 2.55 bits per heavy atom. The molecule has 22 heavy (non-hydrogen) atoms. The first kappa shape index (κ1) is 18.5. The van der Waals surface area contributed by atoms with Crippen LogP contribution >= 0.6 is 0 Å². The quantitative estimate of drug-likeness (QED) is 0.603. The Morgan fingerprint density at radius 1 is 1.14 bits per heavy atom. The van der Waals surface area contributed by atoms with Gasteiger partial charge in [0.15, 0.2) is 0 Å². The maximum absolute atomic E-state index is 12.2. The van der Waals surface area contributed by atoms with Gasteiger partial charge >= 0.3 is 5.97 Å². The van der Waals surface area contributed by atoms with E-state index in [4.69, 9.17) is 5.11 Å². The van der Waals surface area contributed by atoms with Crippen LogP contribution in [-0.4, -0.2) is 46.9 Å². The van der Waals surface area contributed by atoms with Crippen LogP contribution in [0.15, 0.2) is 0 Å². The van der Waals surface area contributed by atoms with Crippen LogP contribution in [0, 0.1) is 0 Å². The van der Waals surface area contributed by atoms with Gasteiger partial charge in [-0.15, -0.1) is 0 Å². The second-order valence-corrected chi connectivity index (χ2v) is 5.84. The zero-order chi connectivity index (χ0) is 16.4. The third kappa shape index (κ3) is 6.45. The molecule has 126 valence electrons. The molecule has 0 aromatic rings. The van der Waals surface area contributed by atoms with Gasteiger partial charge in [0.05, 0.1) is 6.42 Å². The third-order valence-corrected chi connectivity index (χ3v) is 4.01. The molecule has 0 aliphatic carbocycles. The van der Waals surface area contributed by atoms with E-state index in [2.05, 4.69) is 12.2 Å². The van der Waals surface area contributed by atoms with Crippen LogP contribution in [0.2, 0.25) is 0 Å². The molecule has 1 aliphatic heterocycles. The second-order valence-electron chi connectivity index (χ2n) is 5.84. The van der Waals surface area contributed by atoms with E-state index in [1.54, 1.807) is 0 Å². The highest BCUT2D eigenvalue weighted by Crippen LogP contribution is 2.19. The minimum atomic E-state index is -0.986. The Hall–Kier alpha value is -1.59. The summed E-state index contributed by atoms with van der Waals surface area (Å²) >= 11 is 0. The summed E-state index contributed by atoms with van der Waals surface area (Å²) in [5, 5.41) is 11.5. The van der Waals surface area contributed by atoms with Crippen molar-refractivity contribution in [2.45, 2.75) is 70.8 Å². The number of nitrogens with zero attached hydrogens (tertiary/aromatic N) is 1. The number of likely N-dealkylation sites (tertiary alicyclic amines) is 1. The van der Waals surface area contributed by atoms with Gasteiger partial charge in [-0.3, -0.25) is 14.4 Å². The van der Waals surface area contributed by atoms with Crippen molar-refractivity contribution in [2.75, 3.05) is 13.1 Å². The lowest BCUT2D eigenvalue weighted by atomic mass is 10.1. The van der Waals surface area contributed by atoms with Crippen molar-refractivity contribution in [1.82, 2.24) is 10.2 Å². The number of carbonyl (C=O) groups is 3. The SMILES string of the molecule is CCCCCCCNC(=O)[C@@H]1CCCN1C(=O)CCC(=O)O. The lowest BCUT2D eigenvalue weighted by Crippen LogP contribution is -2.46. The molecule has 0 aromatic carbocycles. The monoisotopic (exact) mass is 312 g/mol. The zero-order valence-electron chi connectivity index (χ0n) is 13.5. The van der Waals surface area contributed by atoms with Crippen molar-refractivity contribution >= 4 is 17.8 Å². The van der Waals surface area contributed by atoms with Crippen molar-refractivity contribution in [3.05, 3.63) is 0 Å². The van der Waals surface area contributed by atoms with Crippen LogP contribution < -0.4 is 5.32 Å². The summed E-state index contributed by atoms with van der Waals surface area (Å²) in [5.74, 6) is -1.32. The van der Waals surface area contributed by atoms with Gasteiger partial charge in [-0.2, -0.15) is 0 Å². The van der Waals surface area contributed by atoms with Crippen molar-refractivity contribution in [3.8, 4) is 0 Å². The summed E-state index contributed by atoms with van der Waals surface area (Å²) in [6.07, 6.45) is 6.94. The van der Waals surface area contributed by atoms with Crippen LogP contribution in [0.1, 0.15) is 64.7 Å². The molecule has 0 radical (unpaired) electrons. The lowest BCUT2D eigenvalue weighted by molar-refractivity contribution is -0.142. The number of hydrogen-bond acceptors (Lipinski definition) is 3. The van der Waals surface area contributed by atoms with E-state index in [1.807, 2.05) is 0 Å². The summed E-state index contributed by atoms with van der Waals surface area (Å²) in [4.78, 5) is 36.2. The fraction of sp³-hybridized carbons (Fsp3) is 0.812. The molecule has 0 bridgehead atoms. The number of nitrogens with one attached hydrogen (secondary N) is 1. The van der Waals surface area contributed by atoms with Gasteiger partial charge in [0.1, 0.15) is 6.04 Å². The maximum atomic E-state index is 12.2. The number of aliphatic carboxylic acids is 1. The average Bonchev–Trinajstić information content (AvgIpc) is 2.97. The Morgan fingerprint density at radius 2 is 1.86 bits per heavy atom. The molecule has 0 spiro atoms.